The molecule has 0 aliphatic rings. The Labute approximate surface area is 182 Å². The predicted molar refractivity (Wildman–Crippen MR) is 122 cm³/mol. The molecule has 0 spiro atoms. The second-order valence-corrected chi connectivity index (χ2v) is 6.04. The number of aromatic nitrogens is 3. The van der Waals surface area contributed by atoms with E-state index in [9.17, 15) is 0 Å². The molecule has 1 heterocycles. The molecule has 28 heavy (non-hydrogen) atoms. The van der Waals surface area contributed by atoms with Crippen molar-refractivity contribution in [3.05, 3.63) is 66.0 Å². The zero-order valence-electron chi connectivity index (χ0n) is 16.1. The second kappa shape index (κ2) is 10.6. The Balaban J connectivity index is 0.00000280. The van der Waals surface area contributed by atoms with Crippen LogP contribution in [0.4, 0.5) is 0 Å². The Morgan fingerprint density at radius 1 is 1.14 bits per heavy atom. The van der Waals surface area contributed by atoms with E-state index in [1.165, 1.54) is 5.56 Å². The van der Waals surface area contributed by atoms with Crippen LogP contribution in [0.15, 0.2) is 59.6 Å². The quantitative estimate of drug-likeness (QED) is 0.279. The van der Waals surface area contributed by atoms with Crippen molar-refractivity contribution in [1.82, 2.24) is 25.8 Å². The fourth-order valence-corrected chi connectivity index (χ4v) is 2.64. The molecule has 0 bridgehead atoms. The molecule has 3 aromatic rings. The molecule has 0 fully saturated rings. The topological polar surface area (TPSA) is 87.2 Å². The summed E-state index contributed by atoms with van der Waals surface area (Å²) in [4.78, 5) is 8.80. The maximum Gasteiger partial charge on any atom is 0.191 e. The van der Waals surface area contributed by atoms with Crippen LogP contribution in [0.3, 0.4) is 0 Å². The lowest BCUT2D eigenvalue weighted by Gasteiger charge is -2.17. The van der Waals surface area contributed by atoms with Gasteiger partial charge < -0.3 is 15.4 Å². The average molecular weight is 492 g/mol. The Hall–Kier alpha value is -2.62. The molecule has 1 aromatic heterocycles. The van der Waals surface area contributed by atoms with E-state index >= 15 is 0 Å². The third-order valence-corrected chi connectivity index (χ3v) is 4.18. The highest BCUT2D eigenvalue weighted by atomic mass is 127. The summed E-state index contributed by atoms with van der Waals surface area (Å²) in [6, 6.07) is 18.0. The number of halogens is 1. The lowest BCUT2D eigenvalue weighted by atomic mass is 10.1. The maximum absolute atomic E-state index is 5.17. The van der Waals surface area contributed by atoms with Gasteiger partial charge in [-0.3, -0.25) is 10.1 Å². The van der Waals surface area contributed by atoms with Gasteiger partial charge in [0.25, 0.3) is 0 Å². The maximum atomic E-state index is 5.17. The van der Waals surface area contributed by atoms with Gasteiger partial charge in [0.2, 0.25) is 0 Å². The van der Waals surface area contributed by atoms with Crippen molar-refractivity contribution in [3.8, 4) is 17.1 Å². The minimum Gasteiger partial charge on any atom is -0.497 e. The van der Waals surface area contributed by atoms with Crippen LogP contribution in [0.1, 0.15) is 24.4 Å². The van der Waals surface area contributed by atoms with Crippen LogP contribution in [0.5, 0.6) is 5.75 Å². The number of guanidine groups is 1. The number of hydrogen-bond donors (Lipinski definition) is 3. The van der Waals surface area contributed by atoms with E-state index in [4.69, 9.17) is 4.74 Å². The van der Waals surface area contributed by atoms with Crippen molar-refractivity contribution in [3.63, 3.8) is 0 Å². The first-order valence-corrected chi connectivity index (χ1v) is 8.77. The Morgan fingerprint density at radius 3 is 2.50 bits per heavy atom. The first kappa shape index (κ1) is 21.7. The Kier molecular flexibility index (Phi) is 8.24. The summed E-state index contributed by atoms with van der Waals surface area (Å²) in [5.41, 5.74) is 2.13. The van der Waals surface area contributed by atoms with Crippen LogP contribution in [0.2, 0.25) is 0 Å². The average Bonchev–Trinajstić information content (AvgIpc) is 3.20. The van der Waals surface area contributed by atoms with E-state index in [1.54, 1.807) is 14.2 Å². The highest BCUT2D eigenvalue weighted by Crippen LogP contribution is 2.18. The van der Waals surface area contributed by atoms with Gasteiger partial charge in [-0.25, -0.2) is 4.98 Å². The van der Waals surface area contributed by atoms with Gasteiger partial charge in [-0.2, -0.15) is 5.10 Å². The summed E-state index contributed by atoms with van der Waals surface area (Å²) < 4.78 is 5.17. The number of rotatable bonds is 6. The SMILES string of the molecule is CN=C(NCc1nc(-c2ccc(OC)cc2)n[nH]1)NC(C)c1ccccc1.I. The third kappa shape index (κ3) is 5.69. The molecule has 3 rings (SSSR count). The molecule has 1 unspecified atom stereocenters. The van der Waals surface area contributed by atoms with Gasteiger partial charge in [-0.15, -0.1) is 24.0 Å². The summed E-state index contributed by atoms with van der Waals surface area (Å²) in [7, 11) is 3.39. The highest BCUT2D eigenvalue weighted by molar-refractivity contribution is 14.0. The molecular weight excluding hydrogens is 467 g/mol. The Bertz CT molecular complexity index is 879. The van der Waals surface area contributed by atoms with E-state index in [0.29, 0.717) is 18.3 Å². The minimum absolute atomic E-state index is 0. The summed E-state index contributed by atoms with van der Waals surface area (Å²) in [5.74, 6) is 2.89. The van der Waals surface area contributed by atoms with E-state index in [-0.39, 0.29) is 30.0 Å². The first-order valence-electron chi connectivity index (χ1n) is 8.77. The number of nitrogens with one attached hydrogen (secondary N) is 3. The summed E-state index contributed by atoms with van der Waals surface area (Å²) in [5, 5.41) is 13.9. The molecule has 2 aromatic carbocycles. The minimum atomic E-state index is 0. The van der Waals surface area contributed by atoms with Crippen LogP contribution < -0.4 is 15.4 Å². The lowest BCUT2D eigenvalue weighted by Crippen LogP contribution is -2.38. The largest absolute Gasteiger partial charge is 0.497 e. The van der Waals surface area contributed by atoms with Crippen molar-refractivity contribution >= 4 is 29.9 Å². The number of nitrogens with zero attached hydrogens (tertiary/aromatic N) is 3. The molecule has 0 saturated carbocycles. The molecule has 148 valence electrons. The first-order chi connectivity index (χ1) is 13.2. The lowest BCUT2D eigenvalue weighted by molar-refractivity contribution is 0.415. The number of methoxy groups -OCH3 is 1. The Morgan fingerprint density at radius 2 is 1.86 bits per heavy atom. The van der Waals surface area contributed by atoms with E-state index < -0.39 is 0 Å². The predicted octanol–water partition coefficient (Wildman–Crippen LogP) is 3.52. The summed E-state index contributed by atoms with van der Waals surface area (Å²) in [6.07, 6.45) is 0. The van der Waals surface area contributed by atoms with Crippen LogP contribution in [0.25, 0.3) is 11.4 Å². The molecule has 1 atom stereocenters. The van der Waals surface area contributed by atoms with Crippen LogP contribution in [0, 0.1) is 0 Å². The number of H-pyrrole nitrogens is 1. The van der Waals surface area contributed by atoms with Crippen molar-refractivity contribution in [2.45, 2.75) is 19.5 Å². The molecular formula is C20H25IN6O. The fraction of sp³-hybridized carbons (Fsp3) is 0.250. The van der Waals surface area contributed by atoms with Gasteiger partial charge in [0.1, 0.15) is 11.6 Å². The highest BCUT2D eigenvalue weighted by Gasteiger charge is 2.09. The van der Waals surface area contributed by atoms with Gasteiger partial charge in [0.15, 0.2) is 11.8 Å². The molecule has 0 amide bonds. The number of ether oxygens (including phenoxy) is 1. The van der Waals surface area contributed by atoms with E-state index in [2.05, 4.69) is 49.9 Å². The van der Waals surface area contributed by atoms with Crippen molar-refractivity contribution < 1.29 is 4.74 Å². The second-order valence-electron chi connectivity index (χ2n) is 6.04. The van der Waals surface area contributed by atoms with Gasteiger partial charge in [-0.1, -0.05) is 30.3 Å². The third-order valence-electron chi connectivity index (χ3n) is 4.18. The van der Waals surface area contributed by atoms with Crippen molar-refractivity contribution in [2.75, 3.05) is 14.2 Å². The number of hydrogen-bond acceptors (Lipinski definition) is 4. The van der Waals surface area contributed by atoms with Gasteiger partial charge in [-0.05, 0) is 36.8 Å². The van der Waals surface area contributed by atoms with E-state index in [0.717, 1.165) is 17.1 Å². The van der Waals surface area contributed by atoms with E-state index in [1.807, 2.05) is 42.5 Å². The fourth-order valence-electron chi connectivity index (χ4n) is 2.64. The van der Waals surface area contributed by atoms with Crippen molar-refractivity contribution in [1.29, 1.82) is 0 Å². The molecule has 8 heteroatoms. The molecule has 0 aliphatic heterocycles. The van der Waals surface area contributed by atoms with Crippen LogP contribution in [-0.2, 0) is 6.54 Å². The summed E-state index contributed by atoms with van der Waals surface area (Å²) >= 11 is 0. The van der Waals surface area contributed by atoms with Gasteiger partial charge in [0, 0.05) is 12.6 Å². The van der Waals surface area contributed by atoms with Crippen LogP contribution in [-0.4, -0.2) is 35.3 Å². The number of aliphatic imine (C=N–C) groups is 1. The zero-order chi connectivity index (χ0) is 19.1. The number of aromatic amines is 1. The standard InChI is InChI=1S/C20H24N6O.HI/c1-14(15-7-5-4-6-8-15)23-20(21-2)22-13-18-24-19(26-25-18)16-9-11-17(27-3)12-10-16;/h4-12,14H,13H2,1-3H3,(H2,21,22,23)(H,24,25,26);1H. The summed E-state index contributed by atoms with van der Waals surface area (Å²) in [6.45, 7) is 2.59. The monoisotopic (exact) mass is 492 g/mol. The molecule has 7 nitrogen and oxygen atoms in total. The molecule has 0 saturated heterocycles. The molecule has 3 N–H and O–H groups in total. The van der Waals surface area contributed by atoms with Crippen LogP contribution >= 0.6 is 24.0 Å². The molecule has 0 aliphatic carbocycles. The number of benzene rings is 2. The van der Waals surface area contributed by atoms with Crippen molar-refractivity contribution in [2.24, 2.45) is 4.99 Å². The molecule has 0 radical (unpaired) electrons. The normalized spacial score (nSPS) is 12.0. The van der Waals surface area contributed by atoms with Gasteiger partial charge in [0.05, 0.1) is 19.7 Å². The smallest absolute Gasteiger partial charge is 0.191 e. The zero-order valence-corrected chi connectivity index (χ0v) is 18.5. The van der Waals surface area contributed by atoms with Gasteiger partial charge >= 0.3 is 0 Å².